The number of rotatable bonds is 2. The average Bonchev–Trinajstić information content (AvgIpc) is 2.31. The van der Waals surface area contributed by atoms with Crippen LogP contribution < -0.4 is 16.8 Å². The third-order valence-corrected chi connectivity index (χ3v) is 1.43. The number of hydrogen-bond donors (Lipinski definition) is 3. The molecule has 66 valence electrons. The summed E-state index contributed by atoms with van der Waals surface area (Å²) in [7, 11) is 0. The Hall–Kier alpha value is -1.56. The van der Waals surface area contributed by atoms with Gasteiger partial charge >= 0.3 is 0 Å². The van der Waals surface area contributed by atoms with E-state index in [0.29, 0.717) is 5.56 Å². The molecule has 0 aliphatic heterocycles. The maximum Gasteiger partial charge on any atom is 0.266 e. The normalized spacial score (nSPS) is 9.83. The van der Waals surface area contributed by atoms with Crippen molar-refractivity contribution in [2.45, 2.75) is 13.5 Å². The summed E-state index contributed by atoms with van der Waals surface area (Å²) in [6.45, 7) is 1.69. The molecule has 1 amide bonds. The monoisotopic (exact) mass is 170 g/mol. The molecular formula is C6H10N4O2. The van der Waals surface area contributed by atoms with Crippen LogP contribution in [0.1, 0.15) is 5.56 Å². The second-order valence-corrected chi connectivity index (χ2v) is 2.45. The largest absolute Gasteiger partial charge is 0.293 e. The summed E-state index contributed by atoms with van der Waals surface area (Å²) >= 11 is 0. The molecule has 0 aliphatic carbocycles. The van der Waals surface area contributed by atoms with Crippen LogP contribution in [0, 0.1) is 6.92 Å². The number of H-pyrrole nitrogens is 1. The molecule has 1 heterocycles. The van der Waals surface area contributed by atoms with Crippen LogP contribution in [0.3, 0.4) is 0 Å². The molecule has 1 aromatic rings. The predicted molar refractivity (Wildman–Crippen MR) is 42.1 cm³/mol. The Morgan fingerprint density at radius 3 is 2.92 bits per heavy atom. The summed E-state index contributed by atoms with van der Waals surface area (Å²) < 4.78 is 1.37. The highest BCUT2D eigenvalue weighted by atomic mass is 16.2. The first-order valence-electron chi connectivity index (χ1n) is 3.39. The minimum Gasteiger partial charge on any atom is -0.293 e. The lowest BCUT2D eigenvalue weighted by Gasteiger charge is -1.98. The Balaban J connectivity index is 2.77. The Morgan fingerprint density at radius 2 is 2.50 bits per heavy atom. The number of nitrogens with two attached hydrogens (primary N) is 1. The van der Waals surface area contributed by atoms with Crippen molar-refractivity contribution in [2.24, 2.45) is 5.84 Å². The highest BCUT2D eigenvalue weighted by Gasteiger charge is 2.02. The number of carbonyl (C=O) groups is 1. The van der Waals surface area contributed by atoms with Crippen molar-refractivity contribution in [1.29, 1.82) is 0 Å². The van der Waals surface area contributed by atoms with Crippen LogP contribution in [0.15, 0.2) is 11.0 Å². The van der Waals surface area contributed by atoms with Gasteiger partial charge in [0.15, 0.2) is 0 Å². The number of amides is 1. The third-order valence-electron chi connectivity index (χ3n) is 1.43. The van der Waals surface area contributed by atoms with E-state index >= 15 is 0 Å². The molecular weight excluding hydrogens is 160 g/mol. The Labute approximate surface area is 68.3 Å². The van der Waals surface area contributed by atoms with Crippen molar-refractivity contribution in [3.63, 3.8) is 0 Å². The van der Waals surface area contributed by atoms with Gasteiger partial charge in [-0.3, -0.25) is 24.8 Å². The number of aryl methyl sites for hydroxylation is 1. The molecule has 0 unspecified atom stereocenters. The fourth-order valence-electron chi connectivity index (χ4n) is 0.829. The predicted octanol–water partition coefficient (Wildman–Crippen LogP) is -1.53. The van der Waals surface area contributed by atoms with Gasteiger partial charge in [0.1, 0.15) is 6.54 Å². The van der Waals surface area contributed by atoms with Gasteiger partial charge in [0.2, 0.25) is 0 Å². The molecule has 12 heavy (non-hydrogen) atoms. The zero-order chi connectivity index (χ0) is 9.14. The zero-order valence-electron chi connectivity index (χ0n) is 6.63. The average molecular weight is 170 g/mol. The van der Waals surface area contributed by atoms with E-state index in [2.05, 4.69) is 5.10 Å². The Bertz CT molecular complexity index is 338. The third kappa shape index (κ3) is 1.73. The molecule has 0 saturated heterocycles. The van der Waals surface area contributed by atoms with E-state index in [9.17, 15) is 9.59 Å². The van der Waals surface area contributed by atoms with E-state index in [1.807, 2.05) is 5.43 Å². The molecule has 0 aliphatic rings. The molecule has 0 radical (unpaired) electrons. The molecule has 0 bridgehead atoms. The lowest BCUT2D eigenvalue weighted by molar-refractivity contribution is -0.121. The smallest absolute Gasteiger partial charge is 0.266 e. The summed E-state index contributed by atoms with van der Waals surface area (Å²) in [6, 6.07) is 0. The molecule has 6 nitrogen and oxygen atoms in total. The van der Waals surface area contributed by atoms with Crippen LogP contribution in [0.4, 0.5) is 0 Å². The maximum atomic E-state index is 10.9. The first-order chi connectivity index (χ1) is 5.63. The molecule has 0 spiro atoms. The van der Waals surface area contributed by atoms with Crippen molar-refractivity contribution in [3.05, 3.63) is 22.1 Å². The molecule has 0 atom stereocenters. The number of aromatic nitrogens is 2. The topological polar surface area (TPSA) is 92.9 Å². The fourth-order valence-corrected chi connectivity index (χ4v) is 0.829. The van der Waals surface area contributed by atoms with Crippen LogP contribution in [0.2, 0.25) is 0 Å². The summed E-state index contributed by atoms with van der Waals surface area (Å²) in [4.78, 5) is 21.6. The van der Waals surface area contributed by atoms with Crippen LogP contribution in [-0.2, 0) is 11.3 Å². The second-order valence-electron chi connectivity index (χ2n) is 2.45. The fraction of sp³-hybridized carbons (Fsp3) is 0.333. The van der Waals surface area contributed by atoms with Gasteiger partial charge in [-0.2, -0.15) is 0 Å². The summed E-state index contributed by atoms with van der Waals surface area (Å²) in [5.41, 5.74) is 2.34. The Kier molecular flexibility index (Phi) is 2.29. The number of hydrogen-bond acceptors (Lipinski definition) is 3. The van der Waals surface area contributed by atoms with Crippen molar-refractivity contribution < 1.29 is 4.79 Å². The van der Waals surface area contributed by atoms with E-state index in [1.165, 1.54) is 4.68 Å². The molecule has 6 heteroatoms. The van der Waals surface area contributed by atoms with Gasteiger partial charge in [0.25, 0.3) is 11.5 Å². The maximum absolute atomic E-state index is 10.9. The van der Waals surface area contributed by atoms with Gasteiger partial charge in [-0.25, -0.2) is 5.84 Å². The van der Waals surface area contributed by atoms with E-state index < -0.39 is 0 Å². The minimum absolute atomic E-state index is 0.0274. The minimum atomic E-state index is -0.360. The van der Waals surface area contributed by atoms with E-state index in [1.54, 1.807) is 13.1 Å². The van der Waals surface area contributed by atoms with Crippen LogP contribution in [0.25, 0.3) is 0 Å². The second kappa shape index (κ2) is 3.22. The van der Waals surface area contributed by atoms with Crippen LogP contribution >= 0.6 is 0 Å². The van der Waals surface area contributed by atoms with Gasteiger partial charge in [-0.05, 0) is 6.92 Å². The van der Waals surface area contributed by atoms with Crippen molar-refractivity contribution >= 4 is 5.91 Å². The van der Waals surface area contributed by atoms with Gasteiger partial charge < -0.3 is 0 Å². The van der Waals surface area contributed by atoms with Crippen molar-refractivity contribution in [2.75, 3.05) is 0 Å². The molecule has 1 aromatic heterocycles. The van der Waals surface area contributed by atoms with Gasteiger partial charge in [0, 0.05) is 11.8 Å². The number of hydrazine groups is 1. The zero-order valence-corrected chi connectivity index (χ0v) is 6.63. The quantitative estimate of drug-likeness (QED) is 0.286. The van der Waals surface area contributed by atoms with Crippen LogP contribution in [0.5, 0.6) is 0 Å². The number of nitrogens with one attached hydrogen (secondary N) is 2. The summed E-state index contributed by atoms with van der Waals surface area (Å²) in [5.74, 6) is 4.50. The van der Waals surface area contributed by atoms with E-state index in [-0.39, 0.29) is 18.0 Å². The Morgan fingerprint density at radius 1 is 1.83 bits per heavy atom. The molecule has 1 rings (SSSR count). The van der Waals surface area contributed by atoms with Gasteiger partial charge in [0.05, 0.1) is 0 Å². The number of nitrogens with zero attached hydrogens (tertiary/aromatic N) is 1. The van der Waals surface area contributed by atoms with Crippen molar-refractivity contribution in [1.82, 2.24) is 15.2 Å². The number of aromatic amines is 1. The van der Waals surface area contributed by atoms with E-state index in [4.69, 9.17) is 5.84 Å². The first-order valence-corrected chi connectivity index (χ1v) is 3.39. The lowest BCUT2D eigenvalue weighted by atomic mass is 10.4. The summed E-state index contributed by atoms with van der Waals surface area (Å²) in [5, 5.41) is 2.45. The van der Waals surface area contributed by atoms with Crippen molar-refractivity contribution in [3.8, 4) is 0 Å². The first kappa shape index (κ1) is 8.54. The standard InChI is InChI=1S/C6H10N4O2/c1-4-2-10(9-6(4)12)3-5(11)8-7/h2H,3,7H2,1H3,(H,8,11)(H,9,12). The highest BCUT2D eigenvalue weighted by Crippen LogP contribution is 1.86. The van der Waals surface area contributed by atoms with Crippen LogP contribution in [-0.4, -0.2) is 15.7 Å². The molecule has 0 aromatic carbocycles. The molecule has 0 fully saturated rings. The lowest BCUT2D eigenvalue weighted by Crippen LogP contribution is -2.33. The summed E-state index contributed by atoms with van der Waals surface area (Å²) in [6.07, 6.45) is 1.55. The highest BCUT2D eigenvalue weighted by molar-refractivity contribution is 5.74. The number of carbonyl (C=O) groups excluding carboxylic acids is 1. The van der Waals surface area contributed by atoms with Gasteiger partial charge in [-0.1, -0.05) is 0 Å². The van der Waals surface area contributed by atoms with Gasteiger partial charge in [-0.15, -0.1) is 0 Å². The molecule has 0 saturated carbocycles. The molecule has 4 N–H and O–H groups in total. The SMILES string of the molecule is Cc1cn(CC(=O)NN)[nH]c1=O. The van der Waals surface area contributed by atoms with E-state index in [0.717, 1.165) is 0 Å².